The Labute approximate surface area is 147 Å². The smallest absolute Gasteiger partial charge is 0.317 e. The highest BCUT2D eigenvalue weighted by Crippen LogP contribution is 2.23. The molecular weight excluding hydrogens is 340 g/mol. The van der Waals surface area contributed by atoms with Gasteiger partial charge in [-0.05, 0) is 31.2 Å². The molecule has 2 N–H and O–H groups in total. The van der Waals surface area contributed by atoms with E-state index in [0.29, 0.717) is 17.3 Å². The van der Waals surface area contributed by atoms with Crippen LogP contribution < -0.4 is 14.2 Å². The third-order valence-electron chi connectivity index (χ3n) is 3.40. The monoisotopic (exact) mass is 356 g/mol. The summed E-state index contributed by atoms with van der Waals surface area (Å²) in [5.41, 5.74) is 1.43. The normalized spacial score (nSPS) is 11.8. The first kappa shape index (κ1) is 16.8. The van der Waals surface area contributed by atoms with Crippen molar-refractivity contribution in [3.8, 4) is 5.75 Å². The van der Waals surface area contributed by atoms with E-state index < -0.39 is 11.3 Å². The number of aryl methyl sites for hydroxylation is 1. The Kier molecular flexibility index (Phi) is 4.90. The zero-order chi connectivity index (χ0) is 17.8. The van der Waals surface area contributed by atoms with Crippen LogP contribution in [0.1, 0.15) is 12.6 Å². The van der Waals surface area contributed by atoms with Crippen LogP contribution in [0.5, 0.6) is 5.75 Å². The lowest BCUT2D eigenvalue weighted by Gasteiger charge is -2.10. The van der Waals surface area contributed by atoms with Crippen molar-refractivity contribution in [1.29, 1.82) is 0 Å². The van der Waals surface area contributed by atoms with Gasteiger partial charge in [0, 0.05) is 23.4 Å². The lowest BCUT2D eigenvalue weighted by atomic mass is 10.1. The van der Waals surface area contributed by atoms with Crippen LogP contribution in [0.2, 0.25) is 0 Å². The second-order valence-electron chi connectivity index (χ2n) is 5.31. The number of hydrogen-bond acceptors (Lipinski definition) is 5. The van der Waals surface area contributed by atoms with Crippen LogP contribution in [0, 0.1) is 6.92 Å². The minimum Gasteiger partial charge on any atom is -0.385 e. The second kappa shape index (κ2) is 7.27. The summed E-state index contributed by atoms with van der Waals surface area (Å²) in [4.78, 5) is 11.0. The van der Waals surface area contributed by atoms with Gasteiger partial charge in [0.05, 0.1) is 5.69 Å². The Hall–Kier alpha value is -3.00. The zero-order valence-corrected chi connectivity index (χ0v) is 14.5. The van der Waals surface area contributed by atoms with Crippen LogP contribution >= 0.6 is 0 Å². The molecule has 0 spiro atoms. The van der Waals surface area contributed by atoms with Crippen molar-refractivity contribution in [3.05, 3.63) is 54.2 Å². The number of nitrogens with one attached hydrogen (secondary N) is 2. The molecule has 0 radical (unpaired) electrons. The maximum atomic E-state index is 12.2. The first-order valence-corrected chi connectivity index (χ1v) is 8.57. The summed E-state index contributed by atoms with van der Waals surface area (Å²) in [6.45, 7) is 3.29. The predicted molar refractivity (Wildman–Crippen MR) is 97.4 cm³/mol. The molecule has 0 aliphatic heterocycles. The van der Waals surface area contributed by atoms with Crippen LogP contribution in [0.4, 0.5) is 11.5 Å². The van der Waals surface area contributed by atoms with Crippen LogP contribution in [0.3, 0.4) is 0 Å². The van der Waals surface area contributed by atoms with Gasteiger partial charge in [-0.1, -0.05) is 24.3 Å². The molecular formula is C17H16N4O3S. The molecule has 0 aliphatic carbocycles. The molecule has 25 heavy (non-hydrogen) atoms. The number of carbonyl (C=O) groups excluding carboxylic acids is 1. The fraction of sp³-hybridized carbons (Fsp3) is 0.118. The van der Waals surface area contributed by atoms with E-state index in [0.717, 1.165) is 16.5 Å². The molecule has 2 aromatic carbocycles. The SMILES string of the molecule is CC(=O)Nc1ccc(OS(=O)Nc2nnc(C)c3ccccc23)cc1. The Morgan fingerprint density at radius 3 is 2.40 bits per heavy atom. The predicted octanol–water partition coefficient (Wildman–Crippen LogP) is 2.97. The molecule has 1 amide bonds. The fourth-order valence-electron chi connectivity index (χ4n) is 2.30. The molecule has 7 nitrogen and oxygen atoms in total. The molecule has 128 valence electrons. The van der Waals surface area contributed by atoms with E-state index in [4.69, 9.17) is 4.18 Å². The summed E-state index contributed by atoms with van der Waals surface area (Å²) in [6, 6.07) is 14.1. The molecule has 1 unspecified atom stereocenters. The van der Waals surface area contributed by atoms with E-state index in [1.54, 1.807) is 24.3 Å². The van der Waals surface area contributed by atoms with Crippen LogP contribution in [0.25, 0.3) is 10.8 Å². The van der Waals surface area contributed by atoms with Gasteiger partial charge in [-0.15, -0.1) is 5.10 Å². The fourth-order valence-corrected chi connectivity index (χ4v) is 2.93. The van der Waals surface area contributed by atoms with E-state index in [1.165, 1.54) is 6.92 Å². The van der Waals surface area contributed by atoms with Gasteiger partial charge in [0.25, 0.3) is 0 Å². The van der Waals surface area contributed by atoms with Crippen molar-refractivity contribution in [1.82, 2.24) is 10.2 Å². The van der Waals surface area contributed by atoms with Crippen molar-refractivity contribution < 1.29 is 13.2 Å². The van der Waals surface area contributed by atoms with Crippen molar-refractivity contribution in [2.45, 2.75) is 13.8 Å². The number of benzene rings is 2. The highest BCUT2D eigenvalue weighted by atomic mass is 32.2. The number of fused-ring (bicyclic) bond motifs is 1. The maximum absolute atomic E-state index is 12.2. The number of nitrogens with zero attached hydrogens (tertiary/aromatic N) is 2. The molecule has 1 aromatic heterocycles. The van der Waals surface area contributed by atoms with E-state index in [9.17, 15) is 9.00 Å². The number of aromatic nitrogens is 2. The average Bonchev–Trinajstić information content (AvgIpc) is 2.59. The minimum atomic E-state index is -1.84. The van der Waals surface area contributed by atoms with E-state index >= 15 is 0 Å². The van der Waals surface area contributed by atoms with E-state index in [2.05, 4.69) is 20.2 Å². The third kappa shape index (κ3) is 4.10. The second-order valence-corrected chi connectivity index (χ2v) is 6.15. The number of carbonyl (C=O) groups is 1. The minimum absolute atomic E-state index is 0.163. The quantitative estimate of drug-likeness (QED) is 0.733. The summed E-state index contributed by atoms with van der Waals surface area (Å²) in [7, 11) is 0. The largest absolute Gasteiger partial charge is 0.385 e. The van der Waals surface area contributed by atoms with Crippen LogP contribution in [-0.4, -0.2) is 20.3 Å². The van der Waals surface area contributed by atoms with Crippen LogP contribution in [-0.2, 0) is 16.1 Å². The van der Waals surface area contributed by atoms with Crippen molar-refractivity contribution >= 4 is 39.5 Å². The van der Waals surface area contributed by atoms with Gasteiger partial charge in [-0.3, -0.25) is 9.52 Å². The summed E-state index contributed by atoms with van der Waals surface area (Å²) in [6.07, 6.45) is 0. The molecule has 0 aliphatic rings. The number of amides is 1. The zero-order valence-electron chi connectivity index (χ0n) is 13.6. The third-order valence-corrected chi connectivity index (χ3v) is 4.10. The Morgan fingerprint density at radius 1 is 1.04 bits per heavy atom. The molecule has 3 rings (SSSR count). The summed E-state index contributed by atoms with van der Waals surface area (Å²) in [5.74, 6) is 0.613. The summed E-state index contributed by atoms with van der Waals surface area (Å²) >= 11 is -1.84. The van der Waals surface area contributed by atoms with E-state index in [1.807, 2.05) is 31.2 Å². The Bertz CT molecular complexity index is 944. The van der Waals surface area contributed by atoms with Gasteiger partial charge in [0.15, 0.2) is 5.82 Å². The van der Waals surface area contributed by atoms with Crippen molar-refractivity contribution in [3.63, 3.8) is 0 Å². The molecule has 0 fully saturated rings. The van der Waals surface area contributed by atoms with Crippen molar-refractivity contribution in [2.24, 2.45) is 0 Å². The molecule has 0 saturated heterocycles. The van der Waals surface area contributed by atoms with Gasteiger partial charge in [0.2, 0.25) is 5.91 Å². The van der Waals surface area contributed by atoms with Crippen LogP contribution in [0.15, 0.2) is 48.5 Å². The van der Waals surface area contributed by atoms with Gasteiger partial charge in [-0.25, -0.2) is 0 Å². The van der Waals surface area contributed by atoms with Crippen molar-refractivity contribution in [2.75, 3.05) is 10.0 Å². The highest BCUT2D eigenvalue weighted by Gasteiger charge is 2.10. The molecule has 1 heterocycles. The Balaban J connectivity index is 1.73. The maximum Gasteiger partial charge on any atom is 0.317 e. The van der Waals surface area contributed by atoms with Gasteiger partial charge >= 0.3 is 11.3 Å². The number of rotatable bonds is 5. The molecule has 0 saturated carbocycles. The lowest BCUT2D eigenvalue weighted by molar-refractivity contribution is -0.114. The molecule has 8 heteroatoms. The highest BCUT2D eigenvalue weighted by molar-refractivity contribution is 7.82. The first-order chi connectivity index (χ1) is 12.0. The summed E-state index contributed by atoms with van der Waals surface area (Å²) in [5, 5.41) is 12.5. The molecule has 3 aromatic rings. The first-order valence-electron chi connectivity index (χ1n) is 7.49. The Morgan fingerprint density at radius 2 is 1.72 bits per heavy atom. The van der Waals surface area contributed by atoms with Gasteiger partial charge in [-0.2, -0.15) is 9.31 Å². The van der Waals surface area contributed by atoms with Gasteiger partial charge < -0.3 is 9.50 Å². The summed E-state index contributed by atoms with van der Waals surface area (Å²) < 4.78 is 20.3. The molecule has 0 bridgehead atoms. The number of hydrogen-bond donors (Lipinski definition) is 2. The number of anilines is 2. The van der Waals surface area contributed by atoms with E-state index in [-0.39, 0.29) is 5.91 Å². The average molecular weight is 356 g/mol. The molecule has 1 atom stereocenters. The standard InChI is InChI=1S/C17H16N4O3S/c1-11-15-5-3-4-6-16(15)17(20-19-11)21-25(23)24-14-9-7-13(8-10-14)18-12(2)22/h3-10H,1-2H3,(H,18,22)(H,20,21). The topological polar surface area (TPSA) is 93.2 Å². The lowest BCUT2D eigenvalue weighted by Crippen LogP contribution is -2.13. The van der Waals surface area contributed by atoms with Gasteiger partial charge in [0.1, 0.15) is 5.75 Å².